The van der Waals surface area contributed by atoms with E-state index >= 15 is 0 Å². The van der Waals surface area contributed by atoms with Gasteiger partial charge in [0.25, 0.3) is 0 Å². The standard InChI is InChI=1S/C77H146O6/c1-4-7-10-13-16-19-22-24-26-28-30-32-34-35-36-37-38-39-40-41-42-43-44-46-47-49-51-53-55-58-61-64-67-70-76(79)82-73-74(72-81-75(78)69-66-63-60-57-21-18-15-12-9-6-3)83-77(80)71-68-65-62-59-56-54-52-50-48-45-33-31-29-27-25-23-20-17-14-11-8-5-2/h12,15,28,30,74H,4-11,13-14,16-27,29,31-73H2,1-3H3/b15-12-,30-28-. The highest BCUT2D eigenvalue weighted by atomic mass is 16.6. The Morgan fingerprint density at radius 2 is 0.422 bits per heavy atom. The summed E-state index contributed by atoms with van der Waals surface area (Å²) >= 11 is 0. The molecule has 0 aromatic rings. The molecule has 0 spiro atoms. The first-order valence-electron chi connectivity index (χ1n) is 37.8. The molecule has 0 aliphatic carbocycles. The zero-order valence-electron chi connectivity index (χ0n) is 56.5. The SMILES string of the molecule is CCC/C=C\CCCCCCCC(=O)OCC(COC(=O)CCCCCCCCCCCCCCCCCCCCCCC/C=C\CCCCCCCCCC)OC(=O)CCCCCCCCCCCCCCCCCCCCCCCC. The molecule has 0 heterocycles. The van der Waals surface area contributed by atoms with Crippen LogP contribution >= 0.6 is 0 Å². The van der Waals surface area contributed by atoms with Crippen LogP contribution in [-0.2, 0) is 28.6 Å². The minimum atomic E-state index is -0.771. The molecule has 1 unspecified atom stereocenters. The summed E-state index contributed by atoms with van der Waals surface area (Å²) in [5, 5.41) is 0. The van der Waals surface area contributed by atoms with Crippen molar-refractivity contribution in [3.8, 4) is 0 Å². The van der Waals surface area contributed by atoms with Crippen molar-refractivity contribution in [3.05, 3.63) is 24.3 Å². The normalized spacial score (nSPS) is 12.1. The lowest BCUT2D eigenvalue weighted by Gasteiger charge is -2.18. The molecule has 0 saturated heterocycles. The Balaban J connectivity index is 4.04. The van der Waals surface area contributed by atoms with Crippen molar-refractivity contribution in [2.24, 2.45) is 0 Å². The van der Waals surface area contributed by atoms with Gasteiger partial charge >= 0.3 is 17.9 Å². The van der Waals surface area contributed by atoms with Crippen molar-refractivity contribution in [1.29, 1.82) is 0 Å². The van der Waals surface area contributed by atoms with E-state index in [4.69, 9.17) is 14.2 Å². The van der Waals surface area contributed by atoms with E-state index < -0.39 is 6.10 Å². The summed E-state index contributed by atoms with van der Waals surface area (Å²) in [6, 6.07) is 0. The van der Waals surface area contributed by atoms with Crippen LogP contribution in [0.25, 0.3) is 0 Å². The van der Waals surface area contributed by atoms with Gasteiger partial charge in [-0.2, -0.15) is 0 Å². The van der Waals surface area contributed by atoms with E-state index in [0.717, 1.165) is 70.6 Å². The number of esters is 3. The number of carbonyl (C=O) groups excluding carboxylic acids is 3. The molecular weight excluding hydrogens is 1020 g/mol. The van der Waals surface area contributed by atoms with Crippen LogP contribution in [0.3, 0.4) is 0 Å². The predicted molar refractivity (Wildman–Crippen MR) is 363 cm³/mol. The Hall–Kier alpha value is -2.11. The molecule has 0 aliphatic rings. The Bertz CT molecular complexity index is 1340. The minimum absolute atomic E-state index is 0.0672. The van der Waals surface area contributed by atoms with Crippen LogP contribution in [0.1, 0.15) is 432 Å². The van der Waals surface area contributed by atoms with Crippen molar-refractivity contribution in [3.63, 3.8) is 0 Å². The molecule has 0 fully saturated rings. The van der Waals surface area contributed by atoms with Crippen molar-refractivity contribution >= 4 is 17.9 Å². The number of unbranched alkanes of at least 4 members (excludes halogenated alkanes) is 56. The van der Waals surface area contributed by atoms with Gasteiger partial charge in [0, 0.05) is 19.3 Å². The maximum absolute atomic E-state index is 12.9. The van der Waals surface area contributed by atoms with Crippen LogP contribution in [-0.4, -0.2) is 37.2 Å². The molecule has 0 aromatic carbocycles. The highest BCUT2D eigenvalue weighted by molar-refractivity contribution is 5.71. The van der Waals surface area contributed by atoms with Gasteiger partial charge in [0.1, 0.15) is 13.2 Å². The summed E-state index contributed by atoms with van der Waals surface area (Å²) in [5.74, 6) is -0.845. The average molecular weight is 1170 g/mol. The Labute approximate surface area is 519 Å². The van der Waals surface area contributed by atoms with Gasteiger partial charge in [-0.15, -0.1) is 0 Å². The van der Waals surface area contributed by atoms with Crippen LogP contribution in [0, 0.1) is 0 Å². The summed E-state index contributed by atoms with van der Waals surface area (Å²) < 4.78 is 17.0. The topological polar surface area (TPSA) is 78.9 Å². The highest BCUT2D eigenvalue weighted by Gasteiger charge is 2.20. The third kappa shape index (κ3) is 70.5. The van der Waals surface area contributed by atoms with Gasteiger partial charge in [0.15, 0.2) is 6.10 Å². The van der Waals surface area contributed by atoms with Crippen LogP contribution in [0.2, 0.25) is 0 Å². The van der Waals surface area contributed by atoms with Gasteiger partial charge in [-0.25, -0.2) is 0 Å². The van der Waals surface area contributed by atoms with E-state index in [1.807, 2.05) is 0 Å². The van der Waals surface area contributed by atoms with Crippen molar-refractivity contribution in [1.82, 2.24) is 0 Å². The molecule has 0 amide bonds. The maximum atomic E-state index is 12.9. The van der Waals surface area contributed by atoms with Crippen LogP contribution in [0.15, 0.2) is 24.3 Å². The Morgan fingerprint density at radius 3 is 0.651 bits per heavy atom. The second kappa shape index (κ2) is 72.4. The Kier molecular flexibility index (Phi) is 70.5. The van der Waals surface area contributed by atoms with Gasteiger partial charge in [-0.3, -0.25) is 14.4 Å². The number of rotatable bonds is 71. The van der Waals surface area contributed by atoms with E-state index in [-0.39, 0.29) is 31.1 Å². The van der Waals surface area contributed by atoms with E-state index in [0.29, 0.717) is 19.3 Å². The number of ether oxygens (including phenoxy) is 3. The van der Waals surface area contributed by atoms with Crippen molar-refractivity contribution < 1.29 is 28.6 Å². The average Bonchev–Trinajstić information content (AvgIpc) is 3.49. The van der Waals surface area contributed by atoms with Crippen molar-refractivity contribution in [2.45, 2.75) is 438 Å². The predicted octanol–water partition coefficient (Wildman–Crippen LogP) is 26.1. The second-order valence-electron chi connectivity index (χ2n) is 25.9. The molecule has 6 nitrogen and oxygen atoms in total. The number of hydrogen-bond acceptors (Lipinski definition) is 6. The molecule has 0 saturated carbocycles. The van der Waals surface area contributed by atoms with E-state index in [9.17, 15) is 14.4 Å². The van der Waals surface area contributed by atoms with Crippen LogP contribution < -0.4 is 0 Å². The molecular formula is C77H146O6. The first-order valence-corrected chi connectivity index (χ1v) is 37.8. The first kappa shape index (κ1) is 80.9. The molecule has 6 heteroatoms. The molecule has 83 heavy (non-hydrogen) atoms. The number of allylic oxidation sites excluding steroid dienone is 4. The highest BCUT2D eigenvalue weighted by Crippen LogP contribution is 2.19. The molecule has 0 aliphatic heterocycles. The van der Waals surface area contributed by atoms with E-state index in [1.54, 1.807) is 0 Å². The minimum Gasteiger partial charge on any atom is -0.462 e. The summed E-state index contributed by atoms with van der Waals surface area (Å²) in [6.07, 6.45) is 89.7. The summed E-state index contributed by atoms with van der Waals surface area (Å²) in [4.78, 5) is 38.4. The lowest BCUT2D eigenvalue weighted by Crippen LogP contribution is -2.30. The molecule has 490 valence electrons. The third-order valence-electron chi connectivity index (χ3n) is 17.4. The lowest BCUT2D eigenvalue weighted by molar-refractivity contribution is -0.167. The summed E-state index contributed by atoms with van der Waals surface area (Å²) in [7, 11) is 0. The molecule has 1 atom stereocenters. The smallest absolute Gasteiger partial charge is 0.306 e. The van der Waals surface area contributed by atoms with Crippen LogP contribution in [0.5, 0.6) is 0 Å². The molecule has 0 N–H and O–H groups in total. The zero-order chi connectivity index (χ0) is 59.9. The third-order valence-corrected chi connectivity index (χ3v) is 17.4. The van der Waals surface area contributed by atoms with Gasteiger partial charge < -0.3 is 14.2 Å². The zero-order valence-corrected chi connectivity index (χ0v) is 56.5. The molecule has 0 aromatic heterocycles. The van der Waals surface area contributed by atoms with Gasteiger partial charge in [-0.05, 0) is 64.2 Å². The monoisotopic (exact) mass is 1170 g/mol. The molecule has 0 rings (SSSR count). The summed E-state index contributed by atoms with van der Waals surface area (Å²) in [6.45, 7) is 6.66. The summed E-state index contributed by atoms with van der Waals surface area (Å²) in [5.41, 5.74) is 0. The second-order valence-corrected chi connectivity index (χ2v) is 25.9. The molecule has 0 bridgehead atoms. The first-order chi connectivity index (χ1) is 41.0. The fraction of sp³-hybridized carbons (Fsp3) is 0.909. The largest absolute Gasteiger partial charge is 0.462 e. The number of hydrogen-bond donors (Lipinski definition) is 0. The van der Waals surface area contributed by atoms with E-state index in [1.165, 1.54) is 321 Å². The van der Waals surface area contributed by atoms with E-state index in [2.05, 4.69) is 45.1 Å². The number of carbonyl (C=O) groups is 3. The van der Waals surface area contributed by atoms with Gasteiger partial charge in [0.05, 0.1) is 0 Å². The van der Waals surface area contributed by atoms with Gasteiger partial charge in [-0.1, -0.05) is 373 Å². The fourth-order valence-corrected chi connectivity index (χ4v) is 11.7. The van der Waals surface area contributed by atoms with Gasteiger partial charge in [0.2, 0.25) is 0 Å². The van der Waals surface area contributed by atoms with Crippen molar-refractivity contribution in [2.75, 3.05) is 13.2 Å². The van der Waals surface area contributed by atoms with Crippen LogP contribution in [0.4, 0.5) is 0 Å². The quantitative estimate of drug-likeness (QED) is 0.0261. The lowest BCUT2D eigenvalue weighted by atomic mass is 10.0. The fourth-order valence-electron chi connectivity index (χ4n) is 11.7. The maximum Gasteiger partial charge on any atom is 0.306 e. The molecule has 0 radical (unpaired) electrons. The Morgan fingerprint density at radius 1 is 0.229 bits per heavy atom.